The number of fused-ring (bicyclic) bond motifs is 1. The molecule has 4 rings (SSSR count). The summed E-state index contributed by atoms with van der Waals surface area (Å²) in [4.78, 5) is 22.5. The number of aliphatic hydroxyl groups is 1. The lowest BCUT2D eigenvalue weighted by Crippen LogP contribution is -2.49. The summed E-state index contributed by atoms with van der Waals surface area (Å²) < 4.78 is 36.0. The van der Waals surface area contributed by atoms with Crippen LogP contribution in [0.1, 0.15) is 37.1 Å². The van der Waals surface area contributed by atoms with Crippen LogP contribution in [0.3, 0.4) is 0 Å². The zero-order valence-corrected chi connectivity index (χ0v) is 23.2. The Morgan fingerprint density at radius 2 is 1.95 bits per heavy atom. The predicted octanol–water partition coefficient (Wildman–Crippen LogP) is 1.70. The number of aromatic nitrogens is 3. The molecule has 0 aliphatic carbocycles. The molecule has 0 spiro atoms. The van der Waals surface area contributed by atoms with Crippen molar-refractivity contribution in [3.8, 4) is 17.1 Å². The molecule has 1 aromatic carbocycles. The van der Waals surface area contributed by atoms with Crippen molar-refractivity contribution in [1.82, 2.24) is 23.8 Å². The first-order valence-corrected chi connectivity index (χ1v) is 14.4. The van der Waals surface area contributed by atoms with Crippen molar-refractivity contribution in [1.29, 1.82) is 0 Å². The van der Waals surface area contributed by atoms with Crippen molar-refractivity contribution in [2.45, 2.75) is 38.5 Å². The molecular weight excluding hydrogens is 508 g/mol. The van der Waals surface area contributed by atoms with Gasteiger partial charge in [0.15, 0.2) is 5.82 Å². The van der Waals surface area contributed by atoms with Gasteiger partial charge in [-0.1, -0.05) is 13.3 Å². The van der Waals surface area contributed by atoms with E-state index in [1.165, 1.54) is 16.4 Å². The number of aliphatic hydroxyl groups excluding tert-OH is 1. The largest absolute Gasteiger partial charge is 0.493 e. The molecule has 0 radical (unpaired) electrons. The number of β-amino-alcohol motifs (C(OH)–C–C–N with tert-alkyl or cyclic N) is 1. The highest BCUT2D eigenvalue weighted by Gasteiger charge is 2.29. The molecule has 0 atom stereocenters. The summed E-state index contributed by atoms with van der Waals surface area (Å²) in [7, 11) is -2.11. The van der Waals surface area contributed by atoms with E-state index in [1.54, 1.807) is 23.8 Å². The van der Waals surface area contributed by atoms with Gasteiger partial charge in [0.1, 0.15) is 11.3 Å². The Kier molecular flexibility index (Phi) is 8.66. The second kappa shape index (κ2) is 11.8. The van der Waals surface area contributed by atoms with Crippen LogP contribution >= 0.6 is 0 Å². The van der Waals surface area contributed by atoms with E-state index in [-0.39, 0.29) is 22.9 Å². The number of nitrogens with one attached hydrogen (secondary N) is 1. The van der Waals surface area contributed by atoms with Crippen LogP contribution in [0.2, 0.25) is 0 Å². The average molecular weight is 545 g/mol. The van der Waals surface area contributed by atoms with E-state index < -0.39 is 10.0 Å². The normalized spacial score (nSPS) is 15.6. The van der Waals surface area contributed by atoms with Crippen LogP contribution in [0.25, 0.3) is 16.9 Å². The molecule has 2 N–H and O–H groups in total. The van der Waals surface area contributed by atoms with Gasteiger partial charge in [0.25, 0.3) is 5.56 Å². The summed E-state index contributed by atoms with van der Waals surface area (Å²) in [5, 5.41) is 14.0. The number of nitrogens with zero attached hydrogens (tertiary/aromatic N) is 5. The minimum Gasteiger partial charge on any atom is -0.493 e. The van der Waals surface area contributed by atoms with Gasteiger partial charge in [-0.05, 0) is 44.0 Å². The molecule has 1 aliphatic rings. The molecule has 12 heteroatoms. The van der Waals surface area contributed by atoms with Crippen molar-refractivity contribution in [3.63, 3.8) is 0 Å². The van der Waals surface area contributed by atoms with Crippen molar-refractivity contribution in [3.05, 3.63) is 45.4 Å². The number of benzene rings is 1. The van der Waals surface area contributed by atoms with E-state index in [2.05, 4.69) is 16.9 Å². The minimum atomic E-state index is -3.80. The fourth-order valence-electron chi connectivity index (χ4n) is 4.94. The van der Waals surface area contributed by atoms with Crippen molar-refractivity contribution >= 4 is 21.8 Å². The van der Waals surface area contributed by atoms with Gasteiger partial charge in [-0.2, -0.15) is 4.31 Å². The number of aromatic amines is 1. The molecule has 2 aromatic heterocycles. The highest BCUT2D eigenvalue weighted by molar-refractivity contribution is 7.89. The highest BCUT2D eigenvalue weighted by Crippen LogP contribution is 2.32. The van der Waals surface area contributed by atoms with Gasteiger partial charge in [-0.25, -0.2) is 12.9 Å². The van der Waals surface area contributed by atoms with Crippen LogP contribution in [0, 0.1) is 6.92 Å². The Hall–Kier alpha value is -3.06. The molecule has 1 fully saturated rings. The van der Waals surface area contributed by atoms with E-state index in [4.69, 9.17) is 9.84 Å². The van der Waals surface area contributed by atoms with E-state index in [0.717, 1.165) is 23.2 Å². The minimum absolute atomic E-state index is 0.0399. The number of aryl methyl sites for hydroxylation is 2. The number of hydrogen-bond donors (Lipinski definition) is 2. The molecule has 38 heavy (non-hydrogen) atoms. The molecule has 3 heterocycles. The smallest absolute Gasteiger partial charge is 0.275 e. The average Bonchev–Trinajstić information content (AvgIpc) is 3.16. The Morgan fingerprint density at radius 3 is 2.58 bits per heavy atom. The molecule has 1 saturated heterocycles. The summed E-state index contributed by atoms with van der Waals surface area (Å²) in [6.45, 7) is 8.45. The predicted molar refractivity (Wildman–Crippen MR) is 147 cm³/mol. The number of hydrogen-bond acceptors (Lipinski definition) is 8. The summed E-state index contributed by atoms with van der Waals surface area (Å²) >= 11 is 0. The number of sulfonamides is 1. The molecule has 0 amide bonds. The maximum Gasteiger partial charge on any atom is 0.275 e. The summed E-state index contributed by atoms with van der Waals surface area (Å²) in [6, 6.07) is 4.66. The first kappa shape index (κ1) is 28.0. The number of ether oxygens (including phenoxy) is 1. The number of piperazine rings is 1. The fourth-order valence-corrected chi connectivity index (χ4v) is 6.39. The van der Waals surface area contributed by atoms with Gasteiger partial charge >= 0.3 is 0 Å². The number of aliphatic imine (C=N–C) groups is 1. The summed E-state index contributed by atoms with van der Waals surface area (Å²) in [5.41, 5.74) is 3.05. The third-order valence-electron chi connectivity index (χ3n) is 6.82. The van der Waals surface area contributed by atoms with E-state index in [1.807, 2.05) is 18.7 Å². The quantitative estimate of drug-likeness (QED) is 0.371. The van der Waals surface area contributed by atoms with Crippen molar-refractivity contribution < 1.29 is 18.3 Å². The van der Waals surface area contributed by atoms with Gasteiger partial charge in [0.05, 0.1) is 29.4 Å². The van der Waals surface area contributed by atoms with E-state index in [0.29, 0.717) is 62.6 Å². The van der Waals surface area contributed by atoms with Crippen LogP contribution in [0.4, 0.5) is 0 Å². The second-order valence-corrected chi connectivity index (χ2v) is 11.2. The molecular formula is C26H36N6O5S. The molecule has 11 nitrogen and oxygen atoms in total. The first-order chi connectivity index (χ1) is 18.3. The van der Waals surface area contributed by atoms with Gasteiger partial charge in [0.2, 0.25) is 10.0 Å². The van der Waals surface area contributed by atoms with Crippen molar-refractivity contribution in [2.75, 3.05) is 53.0 Å². The fraction of sp³-hybridized carbons (Fsp3) is 0.500. The topological polar surface area (TPSA) is 133 Å². The highest BCUT2D eigenvalue weighted by atomic mass is 32.2. The van der Waals surface area contributed by atoms with Gasteiger partial charge in [-0.3, -0.25) is 14.7 Å². The summed E-state index contributed by atoms with van der Waals surface area (Å²) in [5.74, 6) is 0.654. The van der Waals surface area contributed by atoms with Crippen LogP contribution in [0.5, 0.6) is 5.75 Å². The van der Waals surface area contributed by atoms with E-state index >= 15 is 0 Å². The Bertz CT molecular complexity index is 1490. The second-order valence-electron chi connectivity index (χ2n) is 9.25. The Morgan fingerprint density at radius 1 is 1.21 bits per heavy atom. The lowest BCUT2D eigenvalue weighted by molar-refractivity contribution is 0.151. The lowest BCUT2D eigenvalue weighted by Gasteiger charge is -2.33. The SMILES string of the molecule is CCCc1c(C=NC)c(C)c2c(=O)[nH]c(-c3cc(S(=O)(=O)N4CCN(CCO)CC4)ccc3OCC)nn12. The molecule has 1 aliphatic heterocycles. The molecule has 3 aromatic rings. The van der Waals surface area contributed by atoms with Crippen LogP contribution in [-0.4, -0.2) is 96.5 Å². The Balaban J connectivity index is 1.83. The van der Waals surface area contributed by atoms with Crippen molar-refractivity contribution in [2.24, 2.45) is 4.99 Å². The molecule has 0 saturated carbocycles. The van der Waals surface area contributed by atoms with Gasteiger partial charge in [0, 0.05) is 51.5 Å². The molecule has 206 valence electrons. The maximum atomic E-state index is 13.5. The molecule has 0 unspecified atom stereocenters. The lowest BCUT2D eigenvalue weighted by atomic mass is 10.1. The first-order valence-electron chi connectivity index (χ1n) is 12.9. The third-order valence-corrected chi connectivity index (χ3v) is 8.72. The van der Waals surface area contributed by atoms with Crippen LogP contribution in [-0.2, 0) is 16.4 Å². The zero-order valence-electron chi connectivity index (χ0n) is 22.4. The standard InChI is InChI=1S/C26H36N6O5S/c1-5-7-22-21(17-27-4)18(3)24-26(34)28-25(29-32(22)24)20-16-19(8-9-23(20)37-6-2)38(35,36)31-12-10-30(11-13-31)14-15-33/h8-9,16-17,33H,5-7,10-15H2,1-4H3,(H,28,29,34). The zero-order chi connectivity index (χ0) is 27.4. The number of rotatable bonds is 10. The van der Waals surface area contributed by atoms with Crippen LogP contribution in [0.15, 0.2) is 32.9 Å². The maximum absolute atomic E-state index is 13.5. The van der Waals surface area contributed by atoms with Gasteiger partial charge in [-0.15, -0.1) is 5.10 Å². The van der Waals surface area contributed by atoms with E-state index in [9.17, 15) is 18.3 Å². The number of H-pyrrole nitrogens is 1. The van der Waals surface area contributed by atoms with Crippen LogP contribution < -0.4 is 10.3 Å². The third kappa shape index (κ3) is 5.26. The van der Waals surface area contributed by atoms with Gasteiger partial charge < -0.3 is 14.8 Å². The Labute approximate surface area is 222 Å². The summed E-state index contributed by atoms with van der Waals surface area (Å²) in [6.07, 6.45) is 3.29. The molecule has 0 bridgehead atoms. The monoisotopic (exact) mass is 544 g/mol.